The van der Waals surface area contributed by atoms with Gasteiger partial charge in [-0.3, -0.25) is 0 Å². The van der Waals surface area contributed by atoms with Crippen molar-refractivity contribution in [1.82, 2.24) is 10.3 Å². The normalized spacial score (nSPS) is 19.1. The first-order chi connectivity index (χ1) is 7.79. The number of thiazole rings is 1. The zero-order valence-corrected chi connectivity index (χ0v) is 11.1. The van der Waals surface area contributed by atoms with Gasteiger partial charge < -0.3 is 5.32 Å². The first-order valence-corrected chi connectivity index (χ1v) is 7.27. The van der Waals surface area contributed by atoms with Gasteiger partial charge in [-0.15, -0.1) is 11.3 Å². The fraction of sp³-hybridized carbons (Fsp3) is 0.769. The Balaban J connectivity index is 1.85. The summed E-state index contributed by atoms with van der Waals surface area (Å²) in [7, 11) is 0. The van der Waals surface area contributed by atoms with Crippen LogP contribution in [0.25, 0.3) is 0 Å². The smallest absolute Gasteiger partial charge is 0.110 e. The van der Waals surface area contributed by atoms with Gasteiger partial charge in [-0.2, -0.15) is 0 Å². The molecule has 16 heavy (non-hydrogen) atoms. The van der Waals surface area contributed by atoms with Gasteiger partial charge in [0.25, 0.3) is 0 Å². The quantitative estimate of drug-likeness (QED) is 0.846. The fourth-order valence-corrected chi connectivity index (χ4v) is 3.40. The molecule has 2 rings (SSSR count). The molecule has 1 heterocycles. The predicted octanol–water partition coefficient (Wildman–Crippen LogP) is 3.68. The van der Waals surface area contributed by atoms with Gasteiger partial charge in [-0.1, -0.05) is 19.8 Å². The van der Waals surface area contributed by atoms with Crippen molar-refractivity contribution in [2.75, 3.05) is 6.54 Å². The lowest BCUT2D eigenvalue weighted by Crippen LogP contribution is -2.25. The maximum Gasteiger partial charge on any atom is 0.110 e. The van der Waals surface area contributed by atoms with Crippen LogP contribution in [0.1, 0.15) is 55.0 Å². The Hall–Kier alpha value is -0.410. The lowest BCUT2D eigenvalue weighted by molar-refractivity contribution is 0.430. The Bertz CT molecular complexity index is 315. The summed E-state index contributed by atoms with van der Waals surface area (Å²) in [5.41, 5.74) is 0. The summed E-state index contributed by atoms with van der Waals surface area (Å²) in [6.45, 7) is 5.55. The molecule has 0 radical (unpaired) electrons. The molecule has 0 spiro atoms. The van der Waals surface area contributed by atoms with Crippen LogP contribution in [-0.4, -0.2) is 11.5 Å². The number of aromatic nitrogens is 1. The van der Waals surface area contributed by atoms with Crippen molar-refractivity contribution in [2.45, 2.75) is 52.0 Å². The zero-order valence-electron chi connectivity index (χ0n) is 10.3. The van der Waals surface area contributed by atoms with E-state index in [0.29, 0.717) is 6.04 Å². The number of aryl methyl sites for hydroxylation is 1. The molecule has 0 aromatic carbocycles. The Kier molecular flexibility index (Phi) is 4.36. The summed E-state index contributed by atoms with van der Waals surface area (Å²) in [4.78, 5) is 5.80. The van der Waals surface area contributed by atoms with Crippen LogP contribution in [0.3, 0.4) is 0 Å². The first kappa shape index (κ1) is 12.1. The Morgan fingerprint density at radius 3 is 2.81 bits per heavy atom. The third-order valence-electron chi connectivity index (χ3n) is 3.47. The molecule has 1 atom stereocenters. The molecular weight excluding hydrogens is 216 g/mol. The summed E-state index contributed by atoms with van der Waals surface area (Å²) in [5, 5.41) is 4.95. The van der Waals surface area contributed by atoms with E-state index >= 15 is 0 Å². The van der Waals surface area contributed by atoms with Crippen molar-refractivity contribution >= 4 is 11.3 Å². The molecule has 1 fully saturated rings. The molecule has 1 aromatic heterocycles. The Labute approximate surface area is 102 Å². The van der Waals surface area contributed by atoms with E-state index in [0.717, 1.165) is 12.3 Å². The second-order valence-corrected chi connectivity index (χ2v) is 6.10. The first-order valence-electron chi connectivity index (χ1n) is 6.45. The molecule has 0 bridgehead atoms. The van der Waals surface area contributed by atoms with Gasteiger partial charge >= 0.3 is 0 Å². The van der Waals surface area contributed by atoms with Gasteiger partial charge in [-0.05, 0) is 38.6 Å². The van der Waals surface area contributed by atoms with Crippen LogP contribution < -0.4 is 5.32 Å². The van der Waals surface area contributed by atoms with E-state index in [-0.39, 0.29) is 0 Å². The van der Waals surface area contributed by atoms with Gasteiger partial charge in [-0.25, -0.2) is 4.98 Å². The minimum atomic E-state index is 0.472. The molecule has 1 aromatic rings. The summed E-state index contributed by atoms with van der Waals surface area (Å²) in [6.07, 6.45) is 8.82. The molecule has 1 saturated carbocycles. The molecule has 3 heteroatoms. The van der Waals surface area contributed by atoms with Crippen molar-refractivity contribution in [3.63, 3.8) is 0 Å². The Morgan fingerprint density at radius 1 is 1.50 bits per heavy atom. The summed E-state index contributed by atoms with van der Waals surface area (Å²) >= 11 is 1.83. The van der Waals surface area contributed by atoms with E-state index in [1.54, 1.807) is 0 Å². The second-order valence-electron chi connectivity index (χ2n) is 4.83. The van der Waals surface area contributed by atoms with Gasteiger partial charge in [0.1, 0.15) is 5.01 Å². The summed E-state index contributed by atoms with van der Waals surface area (Å²) < 4.78 is 0. The standard InChI is InChI=1S/C13H22N2S/c1-3-12(13-15-8-10(2)16-13)14-9-11-6-4-5-7-11/h8,11-12,14H,3-7,9H2,1-2H3. The van der Waals surface area contributed by atoms with Crippen molar-refractivity contribution in [3.05, 3.63) is 16.1 Å². The topological polar surface area (TPSA) is 24.9 Å². The highest BCUT2D eigenvalue weighted by atomic mass is 32.1. The molecule has 1 aliphatic rings. The van der Waals surface area contributed by atoms with Crippen LogP contribution in [0.5, 0.6) is 0 Å². The van der Waals surface area contributed by atoms with Gasteiger partial charge in [0.2, 0.25) is 0 Å². The second kappa shape index (κ2) is 5.78. The van der Waals surface area contributed by atoms with Crippen LogP contribution in [0.2, 0.25) is 0 Å². The van der Waals surface area contributed by atoms with Crippen LogP contribution in [0.4, 0.5) is 0 Å². The lowest BCUT2D eigenvalue weighted by atomic mass is 10.1. The van der Waals surface area contributed by atoms with Crippen LogP contribution in [-0.2, 0) is 0 Å². The van der Waals surface area contributed by atoms with E-state index < -0.39 is 0 Å². The van der Waals surface area contributed by atoms with Gasteiger partial charge in [0, 0.05) is 11.1 Å². The monoisotopic (exact) mass is 238 g/mol. The van der Waals surface area contributed by atoms with Crippen molar-refractivity contribution in [1.29, 1.82) is 0 Å². The van der Waals surface area contributed by atoms with Gasteiger partial charge in [0.05, 0.1) is 6.04 Å². The zero-order chi connectivity index (χ0) is 11.4. The average molecular weight is 238 g/mol. The number of nitrogens with one attached hydrogen (secondary N) is 1. The molecule has 0 aliphatic heterocycles. The highest BCUT2D eigenvalue weighted by molar-refractivity contribution is 7.11. The van der Waals surface area contributed by atoms with Crippen molar-refractivity contribution in [3.8, 4) is 0 Å². The molecule has 0 saturated heterocycles. The van der Waals surface area contributed by atoms with E-state index in [1.165, 1.54) is 42.1 Å². The largest absolute Gasteiger partial charge is 0.308 e. The molecule has 1 aliphatic carbocycles. The van der Waals surface area contributed by atoms with E-state index in [4.69, 9.17) is 0 Å². The SMILES string of the molecule is CCC(NCC1CCCC1)c1ncc(C)s1. The summed E-state index contributed by atoms with van der Waals surface area (Å²) in [5.74, 6) is 0.912. The minimum Gasteiger partial charge on any atom is -0.308 e. The molecular formula is C13H22N2S. The number of rotatable bonds is 5. The predicted molar refractivity (Wildman–Crippen MR) is 69.8 cm³/mol. The fourth-order valence-electron chi connectivity index (χ4n) is 2.46. The average Bonchev–Trinajstić information content (AvgIpc) is 2.91. The van der Waals surface area contributed by atoms with Crippen molar-refractivity contribution in [2.24, 2.45) is 5.92 Å². The lowest BCUT2D eigenvalue weighted by Gasteiger charge is -2.17. The Morgan fingerprint density at radius 2 is 2.25 bits per heavy atom. The molecule has 1 unspecified atom stereocenters. The molecule has 90 valence electrons. The third-order valence-corrected chi connectivity index (χ3v) is 4.50. The van der Waals surface area contributed by atoms with E-state index in [1.807, 2.05) is 17.5 Å². The highest BCUT2D eigenvalue weighted by Gasteiger charge is 2.18. The molecule has 0 amide bonds. The van der Waals surface area contributed by atoms with Gasteiger partial charge in [0.15, 0.2) is 0 Å². The van der Waals surface area contributed by atoms with E-state index in [2.05, 4.69) is 24.1 Å². The number of hydrogen-bond donors (Lipinski definition) is 1. The third kappa shape index (κ3) is 3.05. The summed E-state index contributed by atoms with van der Waals surface area (Å²) in [6, 6.07) is 0.472. The molecule has 2 nitrogen and oxygen atoms in total. The van der Waals surface area contributed by atoms with E-state index in [9.17, 15) is 0 Å². The number of hydrogen-bond acceptors (Lipinski definition) is 3. The number of nitrogens with zero attached hydrogens (tertiary/aromatic N) is 1. The van der Waals surface area contributed by atoms with Crippen LogP contribution >= 0.6 is 11.3 Å². The molecule has 1 N–H and O–H groups in total. The highest BCUT2D eigenvalue weighted by Crippen LogP contribution is 2.26. The maximum atomic E-state index is 4.49. The minimum absolute atomic E-state index is 0.472. The van der Waals surface area contributed by atoms with Crippen molar-refractivity contribution < 1.29 is 0 Å². The maximum absolute atomic E-state index is 4.49. The van der Waals surface area contributed by atoms with Crippen LogP contribution in [0.15, 0.2) is 6.20 Å². The van der Waals surface area contributed by atoms with Crippen LogP contribution in [0, 0.1) is 12.8 Å².